The molecule has 0 saturated carbocycles. The SMILES string of the molecule is CC1(C)COC(=O)N[C@@H]1c1ccc(OC(F)F)cc1. The van der Waals surface area contributed by atoms with E-state index in [0.29, 0.717) is 6.61 Å². The first kappa shape index (κ1) is 13.6. The molecule has 0 aromatic heterocycles. The van der Waals surface area contributed by atoms with Gasteiger partial charge in [0.2, 0.25) is 0 Å². The van der Waals surface area contributed by atoms with Crippen LogP contribution in [0.15, 0.2) is 24.3 Å². The average Bonchev–Trinajstić information content (AvgIpc) is 2.33. The number of ether oxygens (including phenoxy) is 2. The number of benzene rings is 1. The van der Waals surface area contributed by atoms with Crippen LogP contribution in [0.5, 0.6) is 5.75 Å². The van der Waals surface area contributed by atoms with Gasteiger partial charge in [-0.25, -0.2) is 4.79 Å². The summed E-state index contributed by atoms with van der Waals surface area (Å²) in [6.07, 6.45) is -0.475. The topological polar surface area (TPSA) is 47.6 Å². The number of amides is 1. The predicted molar refractivity (Wildman–Crippen MR) is 64.1 cm³/mol. The van der Waals surface area contributed by atoms with Crippen molar-refractivity contribution in [2.75, 3.05) is 6.61 Å². The number of hydrogen-bond donors (Lipinski definition) is 1. The number of hydrogen-bond acceptors (Lipinski definition) is 3. The van der Waals surface area contributed by atoms with E-state index in [2.05, 4.69) is 10.1 Å². The molecule has 0 spiro atoms. The van der Waals surface area contributed by atoms with Crippen LogP contribution in [0.4, 0.5) is 13.6 Å². The van der Waals surface area contributed by atoms with E-state index in [9.17, 15) is 13.6 Å². The summed E-state index contributed by atoms with van der Waals surface area (Å²) in [6, 6.07) is 6.01. The molecule has 0 bridgehead atoms. The summed E-state index contributed by atoms with van der Waals surface area (Å²) >= 11 is 0. The number of nitrogens with one attached hydrogen (secondary N) is 1. The Balaban J connectivity index is 2.18. The van der Waals surface area contributed by atoms with E-state index < -0.39 is 12.7 Å². The van der Waals surface area contributed by atoms with Gasteiger partial charge in [-0.1, -0.05) is 26.0 Å². The Morgan fingerprint density at radius 1 is 1.37 bits per heavy atom. The Morgan fingerprint density at radius 2 is 2.00 bits per heavy atom. The Kier molecular flexibility index (Phi) is 3.59. The summed E-state index contributed by atoms with van der Waals surface area (Å²) < 4.78 is 33.3. The highest BCUT2D eigenvalue weighted by atomic mass is 19.3. The quantitative estimate of drug-likeness (QED) is 0.919. The second kappa shape index (κ2) is 5.03. The van der Waals surface area contributed by atoms with E-state index in [1.165, 1.54) is 12.1 Å². The fraction of sp³-hybridized carbons (Fsp3) is 0.462. The van der Waals surface area contributed by atoms with Crippen LogP contribution < -0.4 is 10.1 Å². The van der Waals surface area contributed by atoms with Gasteiger partial charge in [-0.3, -0.25) is 0 Å². The lowest BCUT2D eigenvalue weighted by Crippen LogP contribution is -2.46. The standard InChI is InChI=1S/C13H15F2NO3/c1-13(2)7-18-12(17)16-10(13)8-3-5-9(6-4-8)19-11(14)15/h3-6,10-11H,7H2,1-2H3,(H,16,17)/t10-/m1/s1. The summed E-state index contributed by atoms with van der Waals surface area (Å²) in [5.74, 6) is 0.0925. The van der Waals surface area contributed by atoms with Crippen LogP contribution in [0.25, 0.3) is 0 Å². The molecule has 19 heavy (non-hydrogen) atoms. The smallest absolute Gasteiger partial charge is 0.407 e. The van der Waals surface area contributed by atoms with E-state index in [4.69, 9.17) is 4.74 Å². The Bertz CT molecular complexity index is 459. The fourth-order valence-electron chi connectivity index (χ4n) is 2.07. The highest BCUT2D eigenvalue weighted by Gasteiger charge is 2.37. The van der Waals surface area contributed by atoms with Crippen molar-refractivity contribution >= 4 is 6.09 Å². The third-order valence-corrected chi connectivity index (χ3v) is 3.06. The van der Waals surface area contributed by atoms with Gasteiger partial charge in [-0.15, -0.1) is 0 Å². The summed E-state index contributed by atoms with van der Waals surface area (Å²) in [7, 11) is 0. The van der Waals surface area contributed by atoms with Gasteiger partial charge in [0.25, 0.3) is 0 Å². The molecule has 1 N–H and O–H groups in total. The molecule has 104 valence electrons. The number of carbonyl (C=O) groups excluding carboxylic acids is 1. The van der Waals surface area contributed by atoms with E-state index >= 15 is 0 Å². The molecule has 1 fully saturated rings. The van der Waals surface area contributed by atoms with Crippen molar-refractivity contribution in [3.63, 3.8) is 0 Å². The summed E-state index contributed by atoms with van der Waals surface area (Å²) in [5.41, 5.74) is 0.544. The second-order valence-corrected chi connectivity index (χ2v) is 5.09. The molecule has 1 amide bonds. The van der Waals surface area contributed by atoms with Gasteiger partial charge in [-0.05, 0) is 17.7 Å². The summed E-state index contributed by atoms with van der Waals surface area (Å²) in [5, 5.41) is 2.73. The lowest BCUT2D eigenvalue weighted by atomic mass is 9.80. The number of rotatable bonds is 3. The van der Waals surface area contributed by atoms with Crippen LogP contribution in [0.1, 0.15) is 25.5 Å². The molecular formula is C13H15F2NO3. The molecule has 1 aliphatic heterocycles. The maximum absolute atomic E-state index is 12.1. The first-order valence-electron chi connectivity index (χ1n) is 5.86. The molecule has 2 rings (SSSR count). The highest BCUT2D eigenvalue weighted by Crippen LogP contribution is 2.36. The molecule has 4 nitrogen and oxygen atoms in total. The summed E-state index contributed by atoms with van der Waals surface area (Å²) in [6.45, 7) is 1.38. The minimum absolute atomic E-state index is 0.0925. The van der Waals surface area contributed by atoms with Crippen LogP contribution in [-0.4, -0.2) is 19.3 Å². The number of halogens is 2. The van der Waals surface area contributed by atoms with Crippen LogP contribution >= 0.6 is 0 Å². The van der Waals surface area contributed by atoms with E-state index in [0.717, 1.165) is 5.56 Å². The first-order chi connectivity index (χ1) is 8.88. The van der Waals surface area contributed by atoms with Gasteiger partial charge in [0.1, 0.15) is 12.4 Å². The Morgan fingerprint density at radius 3 is 2.58 bits per heavy atom. The molecule has 1 aliphatic rings. The molecule has 6 heteroatoms. The zero-order chi connectivity index (χ0) is 14.0. The van der Waals surface area contributed by atoms with E-state index in [-0.39, 0.29) is 17.2 Å². The van der Waals surface area contributed by atoms with Crippen molar-refractivity contribution in [3.8, 4) is 5.75 Å². The van der Waals surface area contributed by atoms with Crippen LogP contribution in [0.2, 0.25) is 0 Å². The Labute approximate surface area is 109 Å². The zero-order valence-corrected chi connectivity index (χ0v) is 10.7. The van der Waals surface area contributed by atoms with E-state index in [1.807, 2.05) is 13.8 Å². The highest BCUT2D eigenvalue weighted by molar-refractivity contribution is 5.69. The number of alkyl carbamates (subject to hydrolysis) is 1. The zero-order valence-electron chi connectivity index (χ0n) is 10.7. The van der Waals surface area contributed by atoms with Crippen LogP contribution in [-0.2, 0) is 4.74 Å². The van der Waals surface area contributed by atoms with Gasteiger partial charge < -0.3 is 14.8 Å². The maximum atomic E-state index is 12.1. The van der Waals surface area contributed by atoms with E-state index in [1.54, 1.807) is 12.1 Å². The van der Waals surface area contributed by atoms with Gasteiger partial charge >= 0.3 is 12.7 Å². The molecule has 0 unspecified atom stereocenters. The van der Waals surface area contributed by atoms with Crippen molar-refractivity contribution in [3.05, 3.63) is 29.8 Å². The van der Waals surface area contributed by atoms with Crippen molar-refractivity contribution in [2.24, 2.45) is 5.41 Å². The molecular weight excluding hydrogens is 256 g/mol. The third kappa shape index (κ3) is 3.13. The lowest BCUT2D eigenvalue weighted by Gasteiger charge is -2.38. The van der Waals surface area contributed by atoms with Gasteiger partial charge in [0, 0.05) is 5.41 Å². The first-order valence-corrected chi connectivity index (χ1v) is 5.86. The molecule has 1 aromatic carbocycles. The maximum Gasteiger partial charge on any atom is 0.407 e. The largest absolute Gasteiger partial charge is 0.449 e. The normalized spacial score (nSPS) is 21.7. The number of cyclic esters (lactones) is 1. The minimum atomic E-state index is -2.84. The number of alkyl halides is 2. The lowest BCUT2D eigenvalue weighted by molar-refractivity contribution is -0.0498. The van der Waals surface area contributed by atoms with Crippen molar-refractivity contribution in [1.82, 2.24) is 5.32 Å². The predicted octanol–water partition coefficient (Wildman–Crippen LogP) is 3.10. The fourth-order valence-corrected chi connectivity index (χ4v) is 2.07. The molecule has 1 aromatic rings. The summed E-state index contributed by atoms with van der Waals surface area (Å²) in [4.78, 5) is 11.3. The molecule has 0 radical (unpaired) electrons. The minimum Gasteiger partial charge on any atom is -0.449 e. The number of carbonyl (C=O) groups is 1. The monoisotopic (exact) mass is 271 g/mol. The van der Waals surface area contributed by atoms with Crippen LogP contribution in [0.3, 0.4) is 0 Å². The van der Waals surface area contributed by atoms with Gasteiger partial charge in [-0.2, -0.15) is 8.78 Å². The van der Waals surface area contributed by atoms with Gasteiger partial charge in [0.05, 0.1) is 6.04 Å². The van der Waals surface area contributed by atoms with Crippen molar-refractivity contribution < 1.29 is 23.0 Å². The van der Waals surface area contributed by atoms with Crippen molar-refractivity contribution in [2.45, 2.75) is 26.5 Å². The molecule has 1 heterocycles. The molecule has 1 saturated heterocycles. The Hall–Kier alpha value is -1.85. The van der Waals surface area contributed by atoms with Crippen molar-refractivity contribution in [1.29, 1.82) is 0 Å². The van der Waals surface area contributed by atoms with Gasteiger partial charge in [0.15, 0.2) is 0 Å². The average molecular weight is 271 g/mol. The second-order valence-electron chi connectivity index (χ2n) is 5.09. The molecule has 0 aliphatic carbocycles. The van der Waals surface area contributed by atoms with Crippen LogP contribution in [0, 0.1) is 5.41 Å². The third-order valence-electron chi connectivity index (χ3n) is 3.06. The molecule has 1 atom stereocenters.